The molecule has 0 spiro atoms. The number of rotatable bonds is 2. The lowest BCUT2D eigenvalue weighted by atomic mass is 10.2. The van der Waals surface area contributed by atoms with E-state index in [1.807, 2.05) is 27.7 Å². The van der Waals surface area contributed by atoms with Gasteiger partial charge in [0.2, 0.25) is 0 Å². The molecule has 0 radical (unpaired) electrons. The molecular weight excluding hydrogens is 154 g/mol. The molecule has 0 heterocycles. The molecule has 0 aromatic heterocycles. The number of allylic oxidation sites excluding steroid dienone is 1. The molecule has 0 atom stereocenters. The third-order valence-corrected chi connectivity index (χ3v) is 1.06. The van der Waals surface area contributed by atoms with Crippen LogP contribution < -0.4 is 5.73 Å². The number of hydrogen-bond donors (Lipinski definition) is 1. The molecule has 3 nitrogen and oxygen atoms in total. The van der Waals surface area contributed by atoms with E-state index in [9.17, 15) is 4.79 Å². The van der Waals surface area contributed by atoms with Gasteiger partial charge in [0.25, 0.3) is 0 Å². The highest BCUT2D eigenvalue weighted by molar-refractivity contribution is 5.87. The Morgan fingerprint density at radius 2 is 2.00 bits per heavy atom. The molecule has 2 N–H and O–H groups in total. The average Bonchev–Trinajstić information content (AvgIpc) is 1.84. The van der Waals surface area contributed by atoms with Crippen LogP contribution in [0.3, 0.4) is 0 Å². The Morgan fingerprint density at radius 1 is 1.50 bits per heavy atom. The van der Waals surface area contributed by atoms with Crippen LogP contribution in [-0.2, 0) is 9.53 Å². The highest BCUT2D eigenvalue weighted by Crippen LogP contribution is 2.08. The zero-order chi connectivity index (χ0) is 9.78. The summed E-state index contributed by atoms with van der Waals surface area (Å²) < 4.78 is 5.02. The summed E-state index contributed by atoms with van der Waals surface area (Å²) in [5.41, 5.74) is 5.14. The van der Waals surface area contributed by atoms with Gasteiger partial charge in [0.15, 0.2) is 0 Å². The Kier molecular flexibility index (Phi) is 3.80. The predicted molar refractivity (Wildman–Crippen MR) is 48.4 cm³/mol. The minimum Gasteiger partial charge on any atom is -0.455 e. The number of nitrogens with two attached hydrogens (primary N) is 1. The summed E-state index contributed by atoms with van der Waals surface area (Å²) >= 11 is 0. The highest BCUT2D eigenvalue weighted by Gasteiger charge is 2.17. The summed E-state index contributed by atoms with van der Waals surface area (Å²) in [7, 11) is 0. The molecule has 0 saturated heterocycles. The Labute approximate surface area is 73.6 Å². The van der Waals surface area contributed by atoms with Crippen molar-refractivity contribution in [1.82, 2.24) is 0 Å². The number of carbonyl (C=O) groups is 1. The molecule has 0 fully saturated rings. The molecule has 0 bridgehead atoms. The summed E-state index contributed by atoms with van der Waals surface area (Å²) in [6.07, 6.45) is 2.39. The van der Waals surface area contributed by atoms with Gasteiger partial charge in [-0.2, -0.15) is 0 Å². The minimum absolute atomic E-state index is 0.187. The van der Waals surface area contributed by atoms with Crippen LogP contribution in [0, 0.1) is 0 Å². The Hall–Kier alpha value is -0.990. The highest BCUT2D eigenvalue weighted by atomic mass is 16.6. The van der Waals surface area contributed by atoms with Crippen LogP contribution >= 0.6 is 0 Å². The van der Waals surface area contributed by atoms with E-state index in [1.165, 1.54) is 0 Å². The van der Waals surface area contributed by atoms with E-state index >= 15 is 0 Å². The Balaban J connectivity index is 4.15. The molecule has 0 amide bonds. The fourth-order valence-electron chi connectivity index (χ4n) is 0.640. The van der Waals surface area contributed by atoms with Crippen molar-refractivity contribution < 1.29 is 9.53 Å². The first-order valence-electron chi connectivity index (χ1n) is 4.06. The van der Waals surface area contributed by atoms with Gasteiger partial charge in [-0.15, -0.1) is 0 Å². The zero-order valence-electron chi connectivity index (χ0n) is 8.18. The van der Waals surface area contributed by atoms with Crippen molar-refractivity contribution in [2.24, 2.45) is 5.73 Å². The maximum Gasteiger partial charge on any atom is 0.354 e. The van der Waals surface area contributed by atoms with Crippen molar-refractivity contribution in [3.8, 4) is 0 Å². The van der Waals surface area contributed by atoms with E-state index in [2.05, 4.69) is 0 Å². The SMILES string of the molecule is CC/C=C(\N)C(=O)OC(C)(C)C. The van der Waals surface area contributed by atoms with Gasteiger partial charge in [-0.05, 0) is 27.2 Å². The second-order valence-corrected chi connectivity index (χ2v) is 3.57. The topological polar surface area (TPSA) is 52.3 Å². The molecule has 0 aliphatic heterocycles. The van der Waals surface area contributed by atoms with E-state index < -0.39 is 11.6 Å². The molecule has 0 unspecified atom stereocenters. The van der Waals surface area contributed by atoms with Crippen molar-refractivity contribution in [2.75, 3.05) is 0 Å². The molecule has 12 heavy (non-hydrogen) atoms. The summed E-state index contributed by atoms with van der Waals surface area (Å²) in [4.78, 5) is 11.1. The molecule has 0 saturated carbocycles. The van der Waals surface area contributed by atoms with Crippen LogP contribution in [0.5, 0.6) is 0 Å². The summed E-state index contributed by atoms with van der Waals surface area (Å²) in [5, 5.41) is 0. The summed E-state index contributed by atoms with van der Waals surface area (Å²) in [6, 6.07) is 0. The van der Waals surface area contributed by atoms with Crippen molar-refractivity contribution in [1.29, 1.82) is 0 Å². The second kappa shape index (κ2) is 4.14. The summed E-state index contributed by atoms with van der Waals surface area (Å²) in [6.45, 7) is 7.34. The van der Waals surface area contributed by atoms with Crippen LogP contribution in [0.25, 0.3) is 0 Å². The third-order valence-electron chi connectivity index (χ3n) is 1.06. The van der Waals surface area contributed by atoms with Gasteiger partial charge in [0.05, 0.1) is 0 Å². The first-order valence-corrected chi connectivity index (χ1v) is 4.06. The van der Waals surface area contributed by atoms with Crippen LogP contribution in [0.4, 0.5) is 0 Å². The maximum atomic E-state index is 11.1. The number of hydrogen-bond acceptors (Lipinski definition) is 3. The van der Waals surface area contributed by atoms with Gasteiger partial charge >= 0.3 is 5.97 Å². The van der Waals surface area contributed by atoms with Crippen LogP contribution in [0.2, 0.25) is 0 Å². The molecule has 3 heteroatoms. The van der Waals surface area contributed by atoms with Gasteiger partial charge in [-0.3, -0.25) is 0 Å². The lowest BCUT2D eigenvalue weighted by molar-refractivity contribution is -0.149. The van der Waals surface area contributed by atoms with Crippen molar-refractivity contribution in [3.63, 3.8) is 0 Å². The van der Waals surface area contributed by atoms with E-state index in [4.69, 9.17) is 10.5 Å². The van der Waals surface area contributed by atoms with Gasteiger partial charge in [0.1, 0.15) is 11.3 Å². The van der Waals surface area contributed by atoms with Gasteiger partial charge in [-0.25, -0.2) is 4.79 Å². The monoisotopic (exact) mass is 171 g/mol. The molecular formula is C9H17NO2. The lowest BCUT2D eigenvalue weighted by Crippen LogP contribution is -2.27. The number of ether oxygens (including phenoxy) is 1. The Bertz CT molecular complexity index is 189. The zero-order valence-corrected chi connectivity index (χ0v) is 8.18. The Morgan fingerprint density at radius 3 is 2.33 bits per heavy atom. The minimum atomic E-state index is -0.469. The smallest absolute Gasteiger partial charge is 0.354 e. The first kappa shape index (κ1) is 11.0. The fourth-order valence-corrected chi connectivity index (χ4v) is 0.640. The van der Waals surface area contributed by atoms with Crippen LogP contribution in [-0.4, -0.2) is 11.6 Å². The van der Waals surface area contributed by atoms with Gasteiger partial charge in [0, 0.05) is 0 Å². The van der Waals surface area contributed by atoms with Crippen molar-refractivity contribution in [3.05, 3.63) is 11.8 Å². The first-order chi connectivity index (χ1) is 5.37. The largest absolute Gasteiger partial charge is 0.455 e. The van der Waals surface area contributed by atoms with E-state index in [0.717, 1.165) is 6.42 Å². The molecule has 70 valence electrons. The molecule has 0 aromatic rings. The summed E-state index contributed by atoms with van der Waals surface area (Å²) in [5.74, 6) is -0.440. The second-order valence-electron chi connectivity index (χ2n) is 3.57. The lowest BCUT2D eigenvalue weighted by Gasteiger charge is -2.19. The number of esters is 1. The van der Waals surface area contributed by atoms with Crippen molar-refractivity contribution >= 4 is 5.97 Å². The predicted octanol–water partition coefficient (Wildman–Crippen LogP) is 1.58. The number of carbonyl (C=O) groups excluding carboxylic acids is 1. The normalized spacial score (nSPS) is 12.8. The molecule has 0 aromatic carbocycles. The van der Waals surface area contributed by atoms with Crippen molar-refractivity contribution in [2.45, 2.75) is 39.7 Å². The van der Waals surface area contributed by atoms with E-state index in [-0.39, 0.29) is 5.70 Å². The molecule has 0 aliphatic rings. The van der Waals surface area contributed by atoms with Gasteiger partial charge in [-0.1, -0.05) is 13.0 Å². The fraction of sp³-hybridized carbons (Fsp3) is 0.667. The third kappa shape index (κ3) is 4.77. The standard InChI is InChI=1S/C9H17NO2/c1-5-6-7(10)8(11)12-9(2,3)4/h6H,5,10H2,1-4H3/b7-6-. The van der Waals surface area contributed by atoms with Crippen LogP contribution in [0.15, 0.2) is 11.8 Å². The maximum absolute atomic E-state index is 11.1. The van der Waals surface area contributed by atoms with E-state index in [1.54, 1.807) is 6.08 Å². The average molecular weight is 171 g/mol. The van der Waals surface area contributed by atoms with Crippen LogP contribution in [0.1, 0.15) is 34.1 Å². The molecule has 0 aliphatic carbocycles. The quantitative estimate of drug-likeness (QED) is 0.507. The van der Waals surface area contributed by atoms with E-state index in [0.29, 0.717) is 0 Å². The molecule has 0 rings (SSSR count). The van der Waals surface area contributed by atoms with Gasteiger partial charge < -0.3 is 10.5 Å².